The highest BCUT2D eigenvalue weighted by Gasteiger charge is 2.24. The topological polar surface area (TPSA) is 44.5 Å². The summed E-state index contributed by atoms with van der Waals surface area (Å²) in [5, 5.41) is 0. The number of hydrogen-bond acceptors (Lipinski definition) is 3. The molecule has 0 radical (unpaired) electrons. The average molecular weight is 263 g/mol. The molecule has 2 N–H and O–H groups in total. The highest BCUT2D eigenvalue weighted by Crippen LogP contribution is 2.27. The summed E-state index contributed by atoms with van der Waals surface area (Å²) in [5.74, 6) is 0. The van der Waals surface area contributed by atoms with Crippen molar-refractivity contribution in [2.75, 3.05) is 13.2 Å². The second kappa shape index (κ2) is 7.04. The van der Waals surface area contributed by atoms with Gasteiger partial charge in [0.25, 0.3) is 0 Å². The van der Waals surface area contributed by atoms with Crippen LogP contribution in [-0.2, 0) is 9.47 Å². The van der Waals surface area contributed by atoms with Crippen LogP contribution in [-0.4, -0.2) is 25.4 Å². The molecular formula is C16H25NO2. The molecule has 1 aromatic carbocycles. The molecule has 1 aliphatic heterocycles. The van der Waals surface area contributed by atoms with Crippen LogP contribution < -0.4 is 5.73 Å². The van der Waals surface area contributed by atoms with Crippen LogP contribution in [0.4, 0.5) is 0 Å². The Hall–Kier alpha value is -0.900. The zero-order valence-corrected chi connectivity index (χ0v) is 12.0. The van der Waals surface area contributed by atoms with Gasteiger partial charge in [-0.3, -0.25) is 0 Å². The molecule has 0 saturated carbocycles. The molecule has 2 rings (SSSR count). The second-order valence-electron chi connectivity index (χ2n) is 5.35. The molecule has 1 aromatic rings. The number of ether oxygens (including phenoxy) is 2. The predicted molar refractivity (Wildman–Crippen MR) is 77.1 cm³/mol. The van der Waals surface area contributed by atoms with Gasteiger partial charge < -0.3 is 15.2 Å². The molecule has 19 heavy (non-hydrogen) atoms. The Kier molecular flexibility index (Phi) is 5.37. The lowest BCUT2D eigenvalue weighted by atomic mass is 9.99. The fourth-order valence-electron chi connectivity index (χ4n) is 2.42. The Morgan fingerprint density at radius 1 is 1.26 bits per heavy atom. The Morgan fingerprint density at radius 2 is 1.89 bits per heavy atom. The van der Waals surface area contributed by atoms with Gasteiger partial charge in [0.05, 0.1) is 12.2 Å². The number of hydrogen-bond donors (Lipinski definition) is 1. The monoisotopic (exact) mass is 263 g/mol. The summed E-state index contributed by atoms with van der Waals surface area (Å²) in [4.78, 5) is 0. The van der Waals surface area contributed by atoms with E-state index in [9.17, 15) is 0 Å². The van der Waals surface area contributed by atoms with Crippen LogP contribution in [0.15, 0.2) is 24.3 Å². The van der Waals surface area contributed by atoms with Gasteiger partial charge in [-0.15, -0.1) is 0 Å². The van der Waals surface area contributed by atoms with Crippen molar-refractivity contribution in [1.29, 1.82) is 0 Å². The molecule has 0 bridgehead atoms. The van der Waals surface area contributed by atoms with Crippen LogP contribution in [0.3, 0.4) is 0 Å². The molecule has 3 nitrogen and oxygen atoms in total. The SMILES string of the molecule is CCC(N)C(OC1CCOCC1)c1ccc(C)cc1. The van der Waals surface area contributed by atoms with Gasteiger partial charge in [0.1, 0.15) is 0 Å². The van der Waals surface area contributed by atoms with Crippen molar-refractivity contribution in [1.82, 2.24) is 0 Å². The van der Waals surface area contributed by atoms with E-state index in [-0.39, 0.29) is 18.2 Å². The van der Waals surface area contributed by atoms with Gasteiger partial charge in [0.15, 0.2) is 0 Å². The van der Waals surface area contributed by atoms with E-state index in [1.807, 2.05) is 0 Å². The first-order valence-corrected chi connectivity index (χ1v) is 7.26. The highest BCUT2D eigenvalue weighted by molar-refractivity contribution is 5.24. The zero-order chi connectivity index (χ0) is 13.7. The minimum Gasteiger partial charge on any atom is -0.381 e. The molecule has 1 aliphatic rings. The summed E-state index contributed by atoms with van der Waals surface area (Å²) in [5.41, 5.74) is 8.70. The third kappa shape index (κ3) is 4.03. The average Bonchev–Trinajstić information content (AvgIpc) is 2.46. The van der Waals surface area contributed by atoms with E-state index in [2.05, 4.69) is 38.1 Å². The third-order valence-corrected chi connectivity index (χ3v) is 3.77. The third-order valence-electron chi connectivity index (χ3n) is 3.77. The number of aryl methyl sites for hydroxylation is 1. The molecule has 1 fully saturated rings. The van der Waals surface area contributed by atoms with Crippen LogP contribution in [0.25, 0.3) is 0 Å². The molecule has 0 amide bonds. The molecule has 0 aromatic heterocycles. The van der Waals surface area contributed by atoms with E-state index < -0.39 is 0 Å². The number of benzene rings is 1. The van der Waals surface area contributed by atoms with Gasteiger partial charge in [0, 0.05) is 19.3 Å². The molecule has 3 heteroatoms. The maximum absolute atomic E-state index is 6.27. The van der Waals surface area contributed by atoms with Gasteiger partial charge >= 0.3 is 0 Å². The van der Waals surface area contributed by atoms with E-state index in [1.165, 1.54) is 11.1 Å². The molecule has 106 valence electrons. The summed E-state index contributed by atoms with van der Waals surface area (Å²) in [6.45, 7) is 5.80. The first-order valence-electron chi connectivity index (χ1n) is 7.26. The summed E-state index contributed by atoms with van der Waals surface area (Å²) in [6, 6.07) is 8.56. The molecule has 0 aliphatic carbocycles. The van der Waals surface area contributed by atoms with Gasteiger partial charge in [-0.2, -0.15) is 0 Å². The maximum atomic E-state index is 6.27. The van der Waals surface area contributed by atoms with Gasteiger partial charge in [-0.05, 0) is 31.7 Å². The molecule has 1 saturated heterocycles. The quantitative estimate of drug-likeness (QED) is 0.888. The fourth-order valence-corrected chi connectivity index (χ4v) is 2.42. The number of rotatable bonds is 5. The largest absolute Gasteiger partial charge is 0.381 e. The minimum absolute atomic E-state index is 0.00583. The van der Waals surface area contributed by atoms with Crippen molar-refractivity contribution < 1.29 is 9.47 Å². The minimum atomic E-state index is -0.00583. The van der Waals surface area contributed by atoms with Crippen molar-refractivity contribution in [2.45, 2.75) is 51.4 Å². The summed E-state index contributed by atoms with van der Waals surface area (Å²) in [6.07, 6.45) is 3.13. The predicted octanol–water partition coefficient (Wildman–Crippen LogP) is 2.97. The van der Waals surface area contributed by atoms with Gasteiger partial charge in [0.2, 0.25) is 0 Å². The van der Waals surface area contributed by atoms with E-state index in [4.69, 9.17) is 15.2 Å². The van der Waals surface area contributed by atoms with E-state index in [0.717, 1.165) is 32.5 Å². The first kappa shape index (κ1) is 14.5. The normalized spacial score (nSPS) is 20.2. The van der Waals surface area contributed by atoms with E-state index in [0.29, 0.717) is 0 Å². The Labute approximate surface area is 116 Å². The Morgan fingerprint density at radius 3 is 2.47 bits per heavy atom. The highest BCUT2D eigenvalue weighted by atomic mass is 16.5. The lowest BCUT2D eigenvalue weighted by molar-refractivity contribution is -0.0778. The van der Waals surface area contributed by atoms with Crippen molar-refractivity contribution in [3.05, 3.63) is 35.4 Å². The van der Waals surface area contributed by atoms with Crippen molar-refractivity contribution >= 4 is 0 Å². The Balaban J connectivity index is 2.08. The lowest BCUT2D eigenvalue weighted by Crippen LogP contribution is -2.34. The van der Waals surface area contributed by atoms with Crippen LogP contribution in [0.5, 0.6) is 0 Å². The van der Waals surface area contributed by atoms with Crippen molar-refractivity contribution in [3.63, 3.8) is 0 Å². The standard InChI is InChI=1S/C16H25NO2/c1-3-15(17)16(13-6-4-12(2)5-7-13)19-14-8-10-18-11-9-14/h4-7,14-16H,3,8-11,17H2,1-2H3. The first-order chi connectivity index (χ1) is 9.20. The van der Waals surface area contributed by atoms with Crippen LogP contribution in [0.2, 0.25) is 0 Å². The lowest BCUT2D eigenvalue weighted by Gasteiger charge is -2.31. The molecular weight excluding hydrogens is 238 g/mol. The van der Waals surface area contributed by atoms with Crippen LogP contribution in [0, 0.1) is 6.92 Å². The van der Waals surface area contributed by atoms with Gasteiger partial charge in [-0.1, -0.05) is 36.8 Å². The summed E-state index contributed by atoms with van der Waals surface area (Å²) < 4.78 is 11.6. The summed E-state index contributed by atoms with van der Waals surface area (Å²) >= 11 is 0. The van der Waals surface area contributed by atoms with Crippen LogP contribution >= 0.6 is 0 Å². The maximum Gasteiger partial charge on any atom is 0.0979 e. The van der Waals surface area contributed by atoms with Crippen molar-refractivity contribution in [2.24, 2.45) is 5.73 Å². The van der Waals surface area contributed by atoms with Crippen LogP contribution in [0.1, 0.15) is 43.4 Å². The van der Waals surface area contributed by atoms with E-state index in [1.54, 1.807) is 0 Å². The fraction of sp³-hybridized carbons (Fsp3) is 0.625. The number of nitrogens with two attached hydrogens (primary N) is 1. The zero-order valence-electron chi connectivity index (χ0n) is 12.0. The Bertz CT molecular complexity index is 371. The molecule has 0 spiro atoms. The van der Waals surface area contributed by atoms with E-state index >= 15 is 0 Å². The molecule has 1 heterocycles. The molecule has 2 atom stereocenters. The van der Waals surface area contributed by atoms with Crippen molar-refractivity contribution in [3.8, 4) is 0 Å². The molecule has 2 unspecified atom stereocenters. The second-order valence-corrected chi connectivity index (χ2v) is 5.35. The smallest absolute Gasteiger partial charge is 0.0979 e. The summed E-state index contributed by atoms with van der Waals surface area (Å²) in [7, 11) is 0. The van der Waals surface area contributed by atoms with Gasteiger partial charge in [-0.25, -0.2) is 0 Å².